The number of methoxy groups -OCH3 is 1. The van der Waals surface area contributed by atoms with Crippen LogP contribution < -0.4 is 4.74 Å². The molecule has 162 valence electrons. The number of ether oxygens (including phenoxy) is 1. The predicted octanol–water partition coefficient (Wildman–Crippen LogP) is 5.94. The first kappa shape index (κ1) is 20.7. The Morgan fingerprint density at radius 1 is 1.06 bits per heavy atom. The van der Waals surface area contributed by atoms with Gasteiger partial charge in [0.15, 0.2) is 0 Å². The molecule has 0 aliphatic carbocycles. The third-order valence-corrected chi connectivity index (χ3v) is 6.70. The van der Waals surface area contributed by atoms with Crippen LogP contribution in [0.15, 0.2) is 72.8 Å². The van der Waals surface area contributed by atoms with Gasteiger partial charge in [-0.3, -0.25) is 4.79 Å². The maximum atomic E-state index is 13.5. The number of carbonyl (C=O) groups is 1. The third-order valence-electron chi connectivity index (χ3n) is 6.36. The number of nitrogens with zero attached hydrogens (tertiary/aromatic N) is 1. The van der Waals surface area contributed by atoms with Crippen LogP contribution in [0, 0.1) is 0 Å². The Hall–Kier alpha value is -3.24. The van der Waals surface area contributed by atoms with Crippen LogP contribution in [0.1, 0.15) is 34.8 Å². The number of nitrogens with one attached hydrogen (secondary N) is 1. The standard InChI is InChI=1S/C27H25ClN2O2/c1-32-24-13-7-2-8-18(24)14-15-25(31)30-17-16-20-19-9-4-6-12-23(19)29-26(20)27(30)21-10-3-5-11-22(21)28/h2-13,27,29H,14-17H2,1H3/t27-/m0/s1. The van der Waals surface area contributed by atoms with Crippen LogP contribution >= 0.6 is 11.6 Å². The number of H-pyrrole nitrogens is 1. The average molecular weight is 445 g/mol. The summed E-state index contributed by atoms with van der Waals surface area (Å²) < 4.78 is 5.46. The number of para-hydroxylation sites is 2. The zero-order valence-corrected chi connectivity index (χ0v) is 18.7. The SMILES string of the molecule is COc1ccccc1CCC(=O)N1CCc2c([nH]c3ccccc23)[C@@H]1c1ccccc1Cl. The van der Waals surface area contributed by atoms with E-state index in [2.05, 4.69) is 23.2 Å². The number of fused-ring (bicyclic) bond motifs is 3. The Bertz CT molecular complexity index is 1280. The fourth-order valence-electron chi connectivity index (χ4n) is 4.82. The van der Waals surface area contributed by atoms with Crippen molar-refractivity contribution in [1.82, 2.24) is 9.88 Å². The van der Waals surface area contributed by atoms with E-state index in [9.17, 15) is 4.79 Å². The highest BCUT2D eigenvalue weighted by Crippen LogP contribution is 2.41. The van der Waals surface area contributed by atoms with E-state index in [1.165, 1.54) is 10.9 Å². The van der Waals surface area contributed by atoms with Crippen LogP contribution in [-0.2, 0) is 17.6 Å². The molecule has 1 atom stereocenters. The number of carbonyl (C=O) groups excluding carboxylic acids is 1. The maximum absolute atomic E-state index is 13.5. The van der Waals surface area contributed by atoms with E-state index in [-0.39, 0.29) is 11.9 Å². The van der Waals surface area contributed by atoms with E-state index < -0.39 is 0 Å². The summed E-state index contributed by atoms with van der Waals surface area (Å²) in [6.07, 6.45) is 1.87. The molecule has 3 aromatic carbocycles. The van der Waals surface area contributed by atoms with Gasteiger partial charge in [-0.2, -0.15) is 0 Å². The molecule has 1 amide bonds. The van der Waals surface area contributed by atoms with Gasteiger partial charge in [0.05, 0.1) is 13.2 Å². The summed E-state index contributed by atoms with van der Waals surface area (Å²) in [5, 5.41) is 1.90. The van der Waals surface area contributed by atoms with Crippen molar-refractivity contribution in [3.05, 3.63) is 100 Å². The van der Waals surface area contributed by atoms with E-state index in [0.29, 0.717) is 24.4 Å². The Morgan fingerprint density at radius 3 is 2.66 bits per heavy atom. The minimum Gasteiger partial charge on any atom is -0.496 e. The monoisotopic (exact) mass is 444 g/mol. The molecular formula is C27H25ClN2O2. The predicted molar refractivity (Wildman–Crippen MR) is 128 cm³/mol. The highest BCUT2D eigenvalue weighted by Gasteiger charge is 2.35. The van der Waals surface area contributed by atoms with Crippen molar-refractivity contribution < 1.29 is 9.53 Å². The van der Waals surface area contributed by atoms with E-state index >= 15 is 0 Å². The number of aromatic nitrogens is 1. The molecule has 0 saturated heterocycles. The Labute approximate surface area is 192 Å². The summed E-state index contributed by atoms with van der Waals surface area (Å²) in [4.78, 5) is 19.1. The van der Waals surface area contributed by atoms with Gasteiger partial charge in [0, 0.05) is 34.6 Å². The lowest BCUT2D eigenvalue weighted by Crippen LogP contribution is -2.40. The summed E-state index contributed by atoms with van der Waals surface area (Å²) >= 11 is 6.64. The number of halogens is 1. The summed E-state index contributed by atoms with van der Waals surface area (Å²) in [7, 11) is 1.66. The van der Waals surface area contributed by atoms with E-state index in [4.69, 9.17) is 16.3 Å². The van der Waals surface area contributed by atoms with Crippen LogP contribution in [0.4, 0.5) is 0 Å². The minimum atomic E-state index is -0.231. The first-order valence-electron chi connectivity index (χ1n) is 10.9. The molecule has 0 spiro atoms. The lowest BCUT2D eigenvalue weighted by atomic mass is 9.91. The van der Waals surface area contributed by atoms with Crippen LogP contribution in [-0.4, -0.2) is 29.4 Å². The van der Waals surface area contributed by atoms with Crippen LogP contribution in [0.5, 0.6) is 5.75 Å². The second-order valence-corrected chi connectivity index (χ2v) is 8.54. The summed E-state index contributed by atoms with van der Waals surface area (Å²) in [6, 6.07) is 23.8. The molecule has 1 N–H and O–H groups in total. The van der Waals surface area contributed by atoms with Gasteiger partial charge in [0.25, 0.3) is 0 Å². The fourth-order valence-corrected chi connectivity index (χ4v) is 5.06. The van der Waals surface area contributed by atoms with Crippen LogP contribution in [0.25, 0.3) is 10.9 Å². The normalized spacial score (nSPS) is 15.6. The lowest BCUT2D eigenvalue weighted by Gasteiger charge is -2.37. The van der Waals surface area contributed by atoms with Gasteiger partial charge in [0.1, 0.15) is 5.75 Å². The molecule has 5 heteroatoms. The van der Waals surface area contributed by atoms with Crippen molar-refractivity contribution in [2.75, 3.05) is 13.7 Å². The molecule has 0 unspecified atom stereocenters. The molecule has 0 bridgehead atoms. The number of aryl methyl sites for hydroxylation is 1. The Morgan fingerprint density at radius 2 is 1.81 bits per heavy atom. The number of rotatable bonds is 5. The van der Waals surface area contributed by atoms with Gasteiger partial charge < -0.3 is 14.6 Å². The third kappa shape index (κ3) is 3.65. The molecule has 1 aliphatic rings. The molecule has 32 heavy (non-hydrogen) atoms. The zero-order chi connectivity index (χ0) is 22.1. The van der Waals surface area contributed by atoms with Crippen molar-refractivity contribution in [2.24, 2.45) is 0 Å². The van der Waals surface area contributed by atoms with Gasteiger partial charge in [-0.15, -0.1) is 0 Å². The second kappa shape index (κ2) is 8.71. The molecule has 1 aromatic heterocycles. The van der Waals surface area contributed by atoms with Crippen molar-refractivity contribution >= 4 is 28.4 Å². The van der Waals surface area contributed by atoms with Gasteiger partial charge >= 0.3 is 0 Å². The molecular weight excluding hydrogens is 420 g/mol. The molecule has 5 rings (SSSR count). The second-order valence-electron chi connectivity index (χ2n) is 8.14. The van der Waals surface area contributed by atoms with Crippen molar-refractivity contribution in [3.8, 4) is 5.75 Å². The van der Waals surface area contributed by atoms with E-state index in [1.807, 2.05) is 59.5 Å². The van der Waals surface area contributed by atoms with Crippen molar-refractivity contribution in [3.63, 3.8) is 0 Å². The van der Waals surface area contributed by atoms with E-state index in [1.54, 1.807) is 7.11 Å². The van der Waals surface area contributed by atoms with Crippen LogP contribution in [0.3, 0.4) is 0 Å². The van der Waals surface area contributed by atoms with Crippen molar-refractivity contribution in [2.45, 2.75) is 25.3 Å². The van der Waals surface area contributed by atoms with Gasteiger partial charge in [-0.25, -0.2) is 0 Å². The molecule has 0 radical (unpaired) electrons. The lowest BCUT2D eigenvalue weighted by molar-refractivity contribution is -0.133. The molecule has 4 aromatic rings. The van der Waals surface area contributed by atoms with Crippen LogP contribution in [0.2, 0.25) is 5.02 Å². The van der Waals surface area contributed by atoms with Crippen molar-refractivity contribution in [1.29, 1.82) is 0 Å². The number of benzene rings is 3. The first-order valence-corrected chi connectivity index (χ1v) is 11.3. The number of hydrogen-bond donors (Lipinski definition) is 1. The minimum absolute atomic E-state index is 0.116. The molecule has 0 saturated carbocycles. The topological polar surface area (TPSA) is 45.3 Å². The molecule has 1 aliphatic heterocycles. The number of hydrogen-bond acceptors (Lipinski definition) is 2. The zero-order valence-electron chi connectivity index (χ0n) is 18.0. The molecule has 0 fully saturated rings. The molecule has 2 heterocycles. The fraction of sp³-hybridized carbons (Fsp3) is 0.222. The van der Waals surface area contributed by atoms with E-state index in [0.717, 1.165) is 34.5 Å². The highest BCUT2D eigenvalue weighted by molar-refractivity contribution is 6.31. The Kier molecular flexibility index (Phi) is 5.62. The van der Waals surface area contributed by atoms with Gasteiger partial charge in [0.2, 0.25) is 5.91 Å². The smallest absolute Gasteiger partial charge is 0.223 e. The summed E-state index contributed by atoms with van der Waals surface area (Å²) in [6.45, 7) is 0.662. The highest BCUT2D eigenvalue weighted by atomic mass is 35.5. The average Bonchev–Trinajstić information content (AvgIpc) is 3.21. The van der Waals surface area contributed by atoms with Gasteiger partial charge in [-0.05, 0) is 47.7 Å². The first-order chi connectivity index (χ1) is 15.7. The molecule has 4 nitrogen and oxygen atoms in total. The van der Waals surface area contributed by atoms with Gasteiger partial charge in [-0.1, -0.05) is 66.2 Å². The Balaban J connectivity index is 1.51. The number of amides is 1. The quantitative estimate of drug-likeness (QED) is 0.414. The largest absolute Gasteiger partial charge is 0.496 e. The summed E-state index contributed by atoms with van der Waals surface area (Å²) in [5.74, 6) is 0.935. The maximum Gasteiger partial charge on any atom is 0.223 e. The summed E-state index contributed by atoms with van der Waals surface area (Å²) in [5.41, 5.74) is 5.43. The number of aromatic amines is 1.